The van der Waals surface area contributed by atoms with Crippen molar-refractivity contribution < 1.29 is 19.6 Å². The van der Waals surface area contributed by atoms with Gasteiger partial charge in [0.2, 0.25) is 5.91 Å². The van der Waals surface area contributed by atoms with Crippen molar-refractivity contribution in [2.45, 2.75) is 46.1 Å². The normalized spacial score (nSPS) is 24.6. The standard InChI is InChI=1S/C22H28BNO4/c1-13-7-8-17(10-20-15(3)21(25)11-19(13)20)14(2)22(26)24-12-16-5-4-6-18(9-16)23(27)28/h4-6,9,13,17,19,27-28H,2,7-8,10-12H2,1,3H3,(H,24,26)/t13-,17+,19-/m0/s1. The van der Waals surface area contributed by atoms with Crippen LogP contribution < -0.4 is 10.8 Å². The molecular weight excluding hydrogens is 353 g/mol. The number of rotatable bonds is 5. The van der Waals surface area contributed by atoms with Gasteiger partial charge in [-0.3, -0.25) is 9.59 Å². The predicted octanol–water partition coefficient (Wildman–Crippen LogP) is 1.88. The average molecular weight is 381 g/mol. The number of amides is 1. The van der Waals surface area contributed by atoms with Gasteiger partial charge in [-0.05, 0) is 60.5 Å². The third kappa shape index (κ3) is 4.28. The molecule has 0 radical (unpaired) electrons. The summed E-state index contributed by atoms with van der Waals surface area (Å²) in [5, 5.41) is 21.4. The van der Waals surface area contributed by atoms with E-state index in [1.807, 2.05) is 13.0 Å². The third-order valence-corrected chi connectivity index (χ3v) is 6.36. The molecule has 1 amide bonds. The fourth-order valence-corrected chi connectivity index (χ4v) is 4.46. The van der Waals surface area contributed by atoms with E-state index in [0.717, 1.165) is 30.4 Å². The molecule has 2 aliphatic rings. The van der Waals surface area contributed by atoms with Gasteiger partial charge in [-0.25, -0.2) is 0 Å². The minimum absolute atomic E-state index is 0.0499. The van der Waals surface area contributed by atoms with Crippen LogP contribution in [0.25, 0.3) is 0 Å². The molecule has 3 atom stereocenters. The Balaban J connectivity index is 1.65. The molecular formula is C22H28BNO4. The summed E-state index contributed by atoms with van der Waals surface area (Å²) in [6, 6.07) is 6.83. The van der Waals surface area contributed by atoms with Gasteiger partial charge >= 0.3 is 7.12 Å². The van der Waals surface area contributed by atoms with Crippen LogP contribution in [-0.2, 0) is 16.1 Å². The second-order valence-electron chi connectivity index (χ2n) is 8.17. The highest BCUT2D eigenvalue weighted by Crippen LogP contribution is 2.45. The SMILES string of the molecule is C=C(C(=O)NCc1cccc(B(O)O)c1)[C@@H]1CC[C@H](C)[C@@H]2CC(=O)C(C)=C2C1. The molecule has 148 valence electrons. The van der Waals surface area contributed by atoms with Crippen LogP contribution in [0.3, 0.4) is 0 Å². The summed E-state index contributed by atoms with van der Waals surface area (Å²) in [6.07, 6.45) is 3.25. The Morgan fingerprint density at radius 3 is 2.75 bits per heavy atom. The topological polar surface area (TPSA) is 86.6 Å². The summed E-state index contributed by atoms with van der Waals surface area (Å²) in [5.41, 5.74) is 3.85. The maximum atomic E-state index is 12.7. The Labute approximate surface area is 166 Å². The van der Waals surface area contributed by atoms with Crippen LogP contribution in [0.2, 0.25) is 0 Å². The van der Waals surface area contributed by atoms with Gasteiger partial charge in [0, 0.05) is 18.5 Å². The summed E-state index contributed by atoms with van der Waals surface area (Å²) in [6.45, 7) is 8.47. The number of ketones is 1. The van der Waals surface area contributed by atoms with Crippen LogP contribution in [0.5, 0.6) is 0 Å². The number of allylic oxidation sites excluding steroid dienone is 2. The zero-order valence-corrected chi connectivity index (χ0v) is 16.6. The van der Waals surface area contributed by atoms with Gasteiger partial charge < -0.3 is 15.4 Å². The summed E-state index contributed by atoms with van der Waals surface area (Å²) >= 11 is 0. The monoisotopic (exact) mass is 381 g/mol. The zero-order valence-electron chi connectivity index (χ0n) is 16.6. The molecule has 0 spiro atoms. The molecule has 1 aromatic carbocycles. The number of carbonyl (C=O) groups excluding carboxylic acids is 2. The zero-order chi connectivity index (χ0) is 20.4. The first-order chi connectivity index (χ1) is 13.3. The van der Waals surface area contributed by atoms with E-state index in [1.165, 1.54) is 5.57 Å². The second-order valence-corrected chi connectivity index (χ2v) is 8.17. The molecule has 1 saturated carbocycles. The lowest BCUT2D eigenvalue weighted by Gasteiger charge is -2.19. The van der Waals surface area contributed by atoms with Crippen LogP contribution in [0.4, 0.5) is 0 Å². The predicted molar refractivity (Wildman–Crippen MR) is 110 cm³/mol. The smallest absolute Gasteiger partial charge is 0.423 e. The van der Waals surface area contributed by atoms with E-state index in [1.54, 1.807) is 18.2 Å². The van der Waals surface area contributed by atoms with E-state index >= 15 is 0 Å². The molecule has 1 aromatic rings. The maximum absolute atomic E-state index is 12.7. The van der Waals surface area contributed by atoms with Gasteiger partial charge in [-0.1, -0.05) is 43.3 Å². The van der Waals surface area contributed by atoms with Crippen molar-refractivity contribution in [3.8, 4) is 0 Å². The number of fused-ring (bicyclic) bond motifs is 1. The molecule has 2 aliphatic carbocycles. The van der Waals surface area contributed by atoms with Gasteiger partial charge in [0.25, 0.3) is 0 Å². The first-order valence-corrected chi connectivity index (χ1v) is 9.92. The summed E-state index contributed by atoms with van der Waals surface area (Å²) in [4.78, 5) is 24.8. The van der Waals surface area contributed by atoms with Gasteiger partial charge in [0.15, 0.2) is 5.78 Å². The van der Waals surface area contributed by atoms with Crippen molar-refractivity contribution >= 4 is 24.3 Å². The minimum Gasteiger partial charge on any atom is -0.423 e. The van der Waals surface area contributed by atoms with Crippen molar-refractivity contribution in [1.82, 2.24) is 5.32 Å². The molecule has 0 saturated heterocycles. The second kappa shape index (κ2) is 8.45. The number of hydrogen-bond acceptors (Lipinski definition) is 4. The molecule has 5 nitrogen and oxygen atoms in total. The van der Waals surface area contributed by atoms with Gasteiger partial charge in [0.05, 0.1) is 0 Å². The lowest BCUT2D eigenvalue weighted by Crippen LogP contribution is -2.31. The van der Waals surface area contributed by atoms with Crippen molar-refractivity contribution in [3.63, 3.8) is 0 Å². The number of carbonyl (C=O) groups is 2. The first-order valence-electron chi connectivity index (χ1n) is 9.92. The molecule has 28 heavy (non-hydrogen) atoms. The van der Waals surface area contributed by atoms with Crippen LogP contribution in [0, 0.1) is 17.8 Å². The first kappa shape index (κ1) is 20.6. The Hall–Kier alpha value is -2.18. The fourth-order valence-electron chi connectivity index (χ4n) is 4.46. The molecule has 6 heteroatoms. The lowest BCUT2D eigenvalue weighted by atomic mass is 9.79. The average Bonchev–Trinajstić information content (AvgIpc) is 2.86. The van der Waals surface area contributed by atoms with Gasteiger partial charge in [-0.2, -0.15) is 0 Å². The molecule has 0 aliphatic heterocycles. The molecule has 0 heterocycles. The highest BCUT2D eigenvalue weighted by atomic mass is 16.4. The Morgan fingerprint density at radius 1 is 1.29 bits per heavy atom. The van der Waals surface area contributed by atoms with Crippen molar-refractivity contribution in [2.24, 2.45) is 17.8 Å². The molecule has 0 unspecified atom stereocenters. The van der Waals surface area contributed by atoms with Crippen LogP contribution in [0.15, 0.2) is 47.6 Å². The third-order valence-electron chi connectivity index (χ3n) is 6.36. The van der Waals surface area contributed by atoms with E-state index in [9.17, 15) is 19.6 Å². The van der Waals surface area contributed by atoms with Crippen LogP contribution in [0.1, 0.15) is 45.1 Å². The van der Waals surface area contributed by atoms with Gasteiger partial charge in [0.1, 0.15) is 0 Å². The molecule has 0 bridgehead atoms. The Morgan fingerprint density at radius 2 is 2.04 bits per heavy atom. The minimum atomic E-state index is -1.53. The van der Waals surface area contributed by atoms with Gasteiger partial charge in [-0.15, -0.1) is 0 Å². The fraction of sp³-hybridized carbons (Fsp3) is 0.455. The largest absolute Gasteiger partial charge is 0.488 e. The van der Waals surface area contributed by atoms with E-state index in [2.05, 4.69) is 18.8 Å². The molecule has 1 fully saturated rings. The number of hydrogen-bond donors (Lipinski definition) is 3. The number of benzene rings is 1. The summed E-state index contributed by atoms with van der Waals surface area (Å²) < 4.78 is 0. The molecule has 3 rings (SSSR count). The highest BCUT2D eigenvalue weighted by Gasteiger charge is 2.37. The van der Waals surface area contributed by atoms with Crippen LogP contribution in [-0.4, -0.2) is 28.9 Å². The number of Topliss-reactive ketones (excluding diaryl/α,β-unsaturated/α-hetero) is 1. The summed E-state index contributed by atoms with van der Waals surface area (Å²) in [7, 11) is -1.53. The lowest BCUT2D eigenvalue weighted by molar-refractivity contribution is -0.118. The molecule has 0 aromatic heterocycles. The van der Waals surface area contributed by atoms with E-state index in [4.69, 9.17) is 0 Å². The number of nitrogens with one attached hydrogen (secondary N) is 1. The van der Waals surface area contributed by atoms with E-state index in [0.29, 0.717) is 35.8 Å². The van der Waals surface area contributed by atoms with Crippen LogP contribution >= 0.6 is 0 Å². The molecule has 3 N–H and O–H groups in total. The quantitative estimate of drug-likeness (QED) is 0.537. The van der Waals surface area contributed by atoms with Crippen molar-refractivity contribution in [1.29, 1.82) is 0 Å². The summed E-state index contributed by atoms with van der Waals surface area (Å²) in [5.74, 6) is 0.877. The Bertz CT molecular complexity index is 830. The van der Waals surface area contributed by atoms with E-state index < -0.39 is 7.12 Å². The Kier molecular flexibility index (Phi) is 6.21. The maximum Gasteiger partial charge on any atom is 0.488 e. The highest BCUT2D eigenvalue weighted by molar-refractivity contribution is 6.58. The van der Waals surface area contributed by atoms with Crippen molar-refractivity contribution in [3.05, 3.63) is 53.1 Å². The van der Waals surface area contributed by atoms with E-state index in [-0.39, 0.29) is 17.6 Å². The van der Waals surface area contributed by atoms with Crippen molar-refractivity contribution in [2.75, 3.05) is 0 Å².